The molecule has 0 amide bonds. The van der Waals surface area contributed by atoms with E-state index < -0.39 is 11.4 Å². The average Bonchev–Trinajstić information content (AvgIpc) is 2.76. The Hall–Kier alpha value is -0.790. The van der Waals surface area contributed by atoms with E-state index >= 15 is 0 Å². The molecule has 2 aliphatic carbocycles. The summed E-state index contributed by atoms with van der Waals surface area (Å²) >= 11 is 0. The lowest BCUT2D eigenvalue weighted by molar-refractivity contribution is -0.149. The number of unbranched alkanes of at least 4 members (excludes halogenated alkanes) is 1. The molecule has 0 unspecified atom stereocenters. The van der Waals surface area contributed by atoms with E-state index in [0.717, 1.165) is 32.1 Å². The summed E-state index contributed by atoms with van der Waals surface area (Å²) in [6.45, 7) is 11.3. The first-order valence-corrected chi connectivity index (χ1v) is 8.11. The first-order valence-electron chi connectivity index (χ1n) is 8.11. The van der Waals surface area contributed by atoms with Crippen LogP contribution in [0.15, 0.2) is 11.1 Å². The molecule has 0 atom stereocenters. The van der Waals surface area contributed by atoms with Crippen molar-refractivity contribution in [3.63, 3.8) is 0 Å². The van der Waals surface area contributed by atoms with E-state index in [2.05, 4.69) is 34.6 Å². The van der Waals surface area contributed by atoms with E-state index in [9.17, 15) is 9.90 Å². The van der Waals surface area contributed by atoms with Crippen molar-refractivity contribution >= 4 is 5.97 Å². The third-order valence-corrected chi connectivity index (χ3v) is 5.87. The Morgan fingerprint density at radius 2 is 1.50 bits per heavy atom. The first kappa shape index (κ1) is 15.6. The predicted molar refractivity (Wildman–Crippen MR) is 82.6 cm³/mol. The summed E-state index contributed by atoms with van der Waals surface area (Å²) in [5, 5.41) is 9.85. The summed E-state index contributed by atoms with van der Waals surface area (Å²) in [6, 6.07) is 0. The lowest BCUT2D eigenvalue weighted by atomic mass is 9.64. The van der Waals surface area contributed by atoms with Crippen molar-refractivity contribution in [3.05, 3.63) is 11.1 Å². The zero-order valence-electron chi connectivity index (χ0n) is 13.8. The van der Waals surface area contributed by atoms with E-state index in [4.69, 9.17) is 0 Å². The number of hydrogen-bond donors (Lipinski definition) is 1. The topological polar surface area (TPSA) is 37.3 Å². The fraction of sp³-hybridized carbons (Fsp3) is 0.833. The highest BCUT2D eigenvalue weighted by molar-refractivity contribution is 5.77. The molecule has 0 aromatic heterocycles. The van der Waals surface area contributed by atoms with Crippen molar-refractivity contribution in [2.24, 2.45) is 16.2 Å². The highest BCUT2D eigenvalue weighted by Crippen LogP contribution is 2.60. The van der Waals surface area contributed by atoms with Crippen LogP contribution >= 0.6 is 0 Å². The zero-order valence-corrected chi connectivity index (χ0v) is 13.8. The molecule has 0 saturated carbocycles. The second-order valence-electron chi connectivity index (χ2n) is 8.27. The monoisotopic (exact) mass is 278 g/mol. The Morgan fingerprint density at radius 3 is 1.85 bits per heavy atom. The van der Waals surface area contributed by atoms with Crippen LogP contribution in [0.5, 0.6) is 0 Å². The fourth-order valence-corrected chi connectivity index (χ4v) is 4.13. The van der Waals surface area contributed by atoms with Crippen LogP contribution in [0, 0.1) is 16.2 Å². The lowest BCUT2D eigenvalue weighted by Gasteiger charge is -2.41. The van der Waals surface area contributed by atoms with Gasteiger partial charge in [-0.05, 0) is 42.9 Å². The van der Waals surface area contributed by atoms with Gasteiger partial charge in [-0.3, -0.25) is 4.79 Å². The molecule has 0 bridgehead atoms. The van der Waals surface area contributed by atoms with Gasteiger partial charge in [0, 0.05) is 0 Å². The van der Waals surface area contributed by atoms with Crippen molar-refractivity contribution in [3.8, 4) is 0 Å². The van der Waals surface area contributed by atoms with Crippen LogP contribution in [0.3, 0.4) is 0 Å². The Bertz CT molecular complexity index is 412. The number of aliphatic carboxylic acids is 1. The summed E-state index contributed by atoms with van der Waals surface area (Å²) in [5.41, 5.74) is 2.79. The van der Waals surface area contributed by atoms with Crippen LogP contribution in [0.4, 0.5) is 0 Å². The standard InChI is InChI=1S/C18H30O2/c1-6-7-8-18(15(19)20)11-13-14(12-18)17(4,5)10-9-16(13,2)3/h6-12H2,1-5H3,(H,19,20). The van der Waals surface area contributed by atoms with Crippen molar-refractivity contribution in [2.45, 2.75) is 79.6 Å². The highest BCUT2D eigenvalue weighted by Gasteiger charge is 2.52. The van der Waals surface area contributed by atoms with Crippen molar-refractivity contribution in [2.75, 3.05) is 0 Å². The first-order chi connectivity index (χ1) is 9.15. The Kier molecular flexibility index (Phi) is 3.81. The quantitative estimate of drug-likeness (QED) is 0.719. The van der Waals surface area contributed by atoms with Crippen LogP contribution in [0.25, 0.3) is 0 Å². The van der Waals surface area contributed by atoms with Gasteiger partial charge in [0.15, 0.2) is 0 Å². The Balaban J connectivity index is 2.37. The van der Waals surface area contributed by atoms with Gasteiger partial charge in [-0.1, -0.05) is 58.6 Å². The minimum absolute atomic E-state index is 0.189. The summed E-state index contributed by atoms with van der Waals surface area (Å²) in [7, 11) is 0. The molecule has 0 aromatic rings. The summed E-state index contributed by atoms with van der Waals surface area (Å²) in [6.07, 6.45) is 6.87. The highest BCUT2D eigenvalue weighted by atomic mass is 16.4. The molecule has 2 nitrogen and oxygen atoms in total. The van der Waals surface area contributed by atoms with Gasteiger partial charge in [0.1, 0.15) is 0 Å². The maximum absolute atomic E-state index is 12.0. The molecule has 20 heavy (non-hydrogen) atoms. The Labute approximate surface area is 123 Å². The zero-order chi connectivity index (χ0) is 15.2. The van der Waals surface area contributed by atoms with Gasteiger partial charge in [0.05, 0.1) is 5.41 Å². The molecule has 0 fully saturated rings. The second-order valence-corrected chi connectivity index (χ2v) is 8.27. The number of rotatable bonds is 4. The minimum Gasteiger partial charge on any atom is -0.481 e. The van der Waals surface area contributed by atoms with Gasteiger partial charge in [-0.25, -0.2) is 0 Å². The van der Waals surface area contributed by atoms with E-state index in [-0.39, 0.29) is 10.8 Å². The molecular weight excluding hydrogens is 248 g/mol. The normalized spacial score (nSPS) is 26.4. The minimum atomic E-state index is -0.577. The van der Waals surface area contributed by atoms with Crippen LogP contribution in [0.1, 0.15) is 79.6 Å². The molecule has 0 radical (unpaired) electrons. The largest absolute Gasteiger partial charge is 0.481 e. The maximum Gasteiger partial charge on any atom is 0.310 e. The van der Waals surface area contributed by atoms with Crippen LogP contribution in [-0.4, -0.2) is 11.1 Å². The van der Waals surface area contributed by atoms with Gasteiger partial charge in [-0.2, -0.15) is 0 Å². The van der Waals surface area contributed by atoms with E-state index in [1.54, 1.807) is 0 Å². The maximum atomic E-state index is 12.0. The SMILES string of the molecule is CCCCC1(C(=O)O)CC2=C(C1)C(C)(C)CCC2(C)C. The van der Waals surface area contributed by atoms with E-state index in [0.29, 0.717) is 0 Å². The smallest absolute Gasteiger partial charge is 0.310 e. The van der Waals surface area contributed by atoms with Gasteiger partial charge in [0.25, 0.3) is 0 Å². The van der Waals surface area contributed by atoms with Crippen molar-refractivity contribution in [1.82, 2.24) is 0 Å². The molecule has 0 aromatic carbocycles. The van der Waals surface area contributed by atoms with Crippen LogP contribution in [0.2, 0.25) is 0 Å². The Morgan fingerprint density at radius 1 is 1.05 bits per heavy atom. The number of carboxylic acids is 1. The number of carboxylic acid groups (broad SMARTS) is 1. The summed E-state index contributed by atoms with van der Waals surface area (Å²) in [5.74, 6) is -0.577. The molecule has 114 valence electrons. The van der Waals surface area contributed by atoms with Gasteiger partial charge in [-0.15, -0.1) is 0 Å². The predicted octanol–water partition coefficient (Wildman–Crippen LogP) is 5.18. The van der Waals surface area contributed by atoms with Gasteiger partial charge < -0.3 is 5.11 Å². The van der Waals surface area contributed by atoms with E-state index in [1.165, 1.54) is 24.0 Å². The molecule has 0 saturated heterocycles. The van der Waals surface area contributed by atoms with Crippen molar-refractivity contribution in [1.29, 1.82) is 0 Å². The molecule has 0 heterocycles. The molecule has 1 N–H and O–H groups in total. The van der Waals surface area contributed by atoms with Gasteiger partial charge >= 0.3 is 5.97 Å². The van der Waals surface area contributed by atoms with Crippen LogP contribution < -0.4 is 0 Å². The molecular formula is C18H30O2. The number of allylic oxidation sites excluding steroid dienone is 2. The third-order valence-electron chi connectivity index (χ3n) is 5.87. The molecule has 2 aliphatic rings. The van der Waals surface area contributed by atoms with E-state index in [1.807, 2.05) is 0 Å². The molecule has 2 rings (SSSR count). The molecule has 0 spiro atoms. The lowest BCUT2D eigenvalue weighted by Crippen LogP contribution is -2.29. The number of hydrogen-bond acceptors (Lipinski definition) is 1. The molecule has 0 aliphatic heterocycles. The van der Waals surface area contributed by atoms with Crippen molar-refractivity contribution < 1.29 is 9.90 Å². The molecule has 2 heteroatoms. The van der Waals surface area contributed by atoms with Crippen LogP contribution in [-0.2, 0) is 4.79 Å². The summed E-state index contributed by atoms with van der Waals surface area (Å²) < 4.78 is 0. The third kappa shape index (κ3) is 2.42. The summed E-state index contributed by atoms with van der Waals surface area (Å²) in [4.78, 5) is 12.0. The van der Waals surface area contributed by atoms with Gasteiger partial charge in [0.2, 0.25) is 0 Å². The number of carbonyl (C=O) groups is 1. The average molecular weight is 278 g/mol. The second kappa shape index (κ2) is 4.89. The fourth-order valence-electron chi connectivity index (χ4n) is 4.13.